The zero-order chi connectivity index (χ0) is 17.5. The number of carbonyl (C=O) groups is 2. The average Bonchev–Trinajstić information content (AvgIpc) is 2.97. The van der Waals surface area contributed by atoms with Crippen molar-refractivity contribution in [3.05, 3.63) is 30.3 Å². The number of rotatable bonds is 7. The number of hydrogen-bond donors (Lipinski definition) is 2. The van der Waals surface area contributed by atoms with Crippen LogP contribution in [0.15, 0.2) is 30.3 Å². The Labute approximate surface area is 156 Å². The third-order valence-electron chi connectivity index (χ3n) is 4.83. The largest absolute Gasteiger partial charge is 0.331 e. The number of carbonyl (C=O) groups excluding carboxylic acids is 2. The van der Waals surface area contributed by atoms with E-state index >= 15 is 0 Å². The molecule has 0 bridgehead atoms. The first-order valence-electron chi connectivity index (χ1n) is 8.94. The second-order valence-corrected chi connectivity index (χ2v) is 6.68. The van der Waals surface area contributed by atoms with Crippen LogP contribution in [0.3, 0.4) is 0 Å². The summed E-state index contributed by atoms with van der Waals surface area (Å²) in [6.45, 7) is 4.40. The third kappa shape index (κ3) is 6.01. The van der Waals surface area contributed by atoms with Gasteiger partial charge in [0.25, 0.3) is 0 Å². The first-order chi connectivity index (χ1) is 11.5. The molecule has 0 saturated heterocycles. The molecule has 0 aliphatic heterocycles. The van der Waals surface area contributed by atoms with Crippen molar-refractivity contribution in [3.8, 4) is 0 Å². The van der Waals surface area contributed by atoms with Gasteiger partial charge in [0.05, 0.1) is 0 Å². The Morgan fingerprint density at radius 3 is 2.52 bits per heavy atom. The zero-order valence-corrected chi connectivity index (χ0v) is 15.9. The number of anilines is 1. The van der Waals surface area contributed by atoms with E-state index < -0.39 is 6.04 Å². The van der Waals surface area contributed by atoms with Crippen molar-refractivity contribution >= 4 is 29.9 Å². The molecule has 2 amide bonds. The summed E-state index contributed by atoms with van der Waals surface area (Å²) in [6.07, 6.45) is 4.37. The molecule has 1 aromatic rings. The number of amides is 2. The highest BCUT2D eigenvalue weighted by Gasteiger charge is 2.31. The Bertz CT molecular complexity index is 553. The van der Waals surface area contributed by atoms with Gasteiger partial charge in [0.1, 0.15) is 6.04 Å². The molecule has 140 valence electrons. The Morgan fingerprint density at radius 2 is 1.96 bits per heavy atom. The maximum Gasteiger partial charge on any atom is 0.246 e. The van der Waals surface area contributed by atoms with Crippen molar-refractivity contribution in [1.82, 2.24) is 4.90 Å². The Balaban J connectivity index is 0.00000312. The predicted molar refractivity (Wildman–Crippen MR) is 104 cm³/mol. The van der Waals surface area contributed by atoms with Crippen LogP contribution in [0.1, 0.15) is 46.0 Å². The normalized spacial score (nSPS) is 20.4. The lowest BCUT2D eigenvalue weighted by Gasteiger charge is -2.30. The molecule has 0 heterocycles. The summed E-state index contributed by atoms with van der Waals surface area (Å²) in [4.78, 5) is 26.9. The number of halogens is 1. The summed E-state index contributed by atoms with van der Waals surface area (Å²) in [7, 11) is 0. The van der Waals surface area contributed by atoms with Crippen molar-refractivity contribution in [1.29, 1.82) is 0 Å². The standard InChI is InChI=1S/C19H29N3O2.ClH/c1-3-12-22(18(23)13-15-8-7-11-17(15)20)14(2)19(24)21-16-9-5-4-6-10-16;/h4-6,9-10,14-15,17H,3,7-8,11-13,20H2,1-2H3,(H,21,24);1H/t14?,15-,17+;/m0./s1. The van der Waals surface area contributed by atoms with Gasteiger partial charge in [-0.05, 0) is 44.2 Å². The highest BCUT2D eigenvalue weighted by molar-refractivity contribution is 5.96. The van der Waals surface area contributed by atoms with E-state index in [4.69, 9.17) is 5.73 Å². The van der Waals surface area contributed by atoms with E-state index in [0.717, 1.165) is 31.4 Å². The monoisotopic (exact) mass is 367 g/mol. The minimum Gasteiger partial charge on any atom is -0.331 e. The van der Waals surface area contributed by atoms with E-state index in [9.17, 15) is 9.59 Å². The molecule has 2 rings (SSSR count). The Morgan fingerprint density at radius 1 is 1.28 bits per heavy atom. The fourth-order valence-corrected chi connectivity index (χ4v) is 3.35. The summed E-state index contributed by atoms with van der Waals surface area (Å²) in [5.74, 6) is 0.134. The lowest BCUT2D eigenvalue weighted by Crippen LogP contribution is -2.47. The molecule has 1 aromatic carbocycles. The smallest absolute Gasteiger partial charge is 0.246 e. The van der Waals surface area contributed by atoms with Crippen LogP contribution in [0.5, 0.6) is 0 Å². The lowest BCUT2D eigenvalue weighted by atomic mass is 9.99. The minimum absolute atomic E-state index is 0. The Hall–Kier alpha value is -1.59. The van der Waals surface area contributed by atoms with E-state index in [-0.39, 0.29) is 36.2 Å². The van der Waals surface area contributed by atoms with Gasteiger partial charge < -0.3 is 16.0 Å². The third-order valence-corrected chi connectivity index (χ3v) is 4.83. The quantitative estimate of drug-likeness (QED) is 0.777. The van der Waals surface area contributed by atoms with Gasteiger partial charge in [-0.2, -0.15) is 0 Å². The first kappa shape index (κ1) is 21.5. The van der Waals surface area contributed by atoms with Gasteiger partial charge in [0.2, 0.25) is 11.8 Å². The topological polar surface area (TPSA) is 75.4 Å². The molecule has 5 nitrogen and oxygen atoms in total. The summed E-state index contributed by atoms with van der Waals surface area (Å²) in [6, 6.07) is 8.95. The van der Waals surface area contributed by atoms with Gasteiger partial charge in [-0.15, -0.1) is 12.4 Å². The van der Waals surface area contributed by atoms with Crippen LogP contribution >= 0.6 is 12.4 Å². The van der Waals surface area contributed by atoms with Crippen molar-refractivity contribution in [2.75, 3.05) is 11.9 Å². The van der Waals surface area contributed by atoms with Gasteiger partial charge in [-0.3, -0.25) is 9.59 Å². The maximum absolute atomic E-state index is 12.7. The highest BCUT2D eigenvalue weighted by atomic mass is 35.5. The van der Waals surface area contributed by atoms with Crippen LogP contribution in [0.4, 0.5) is 5.69 Å². The number of nitrogens with one attached hydrogen (secondary N) is 1. The Kier molecular flexibility index (Phi) is 8.93. The maximum atomic E-state index is 12.7. The van der Waals surface area contributed by atoms with Crippen LogP contribution < -0.4 is 11.1 Å². The second-order valence-electron chi connectivity index (χ2n) is 6.68. The van der Waals surface area contributed by atoms with E-state index in [1.807, 2.05) is 37.3 Å². The van der Waals surface area contributed by atoms with Crippen molar-refractivity contribution in [3.63, 3.8) is 0 Å². The van der Waals surface area contributed by atoms with Crippen LogP contribution in [0.25, 0.3) is 0 Å². The molecule has 3 atom stereocenters. The molecule has 1 unspecified atom stereocenters. The molecule has 1 fully saturated rings. The molecule has 1 aliphatic carbocycles. The minimum atomic E-state index is -0.490. The van der Waals surface area contributed by atoms with Crippen molar-refractivity contribution in [2.24, 2.45) is 11.7 Å². The van der Waals surface area contributed by atoms with Crippen LogP contribution in [0, 0.1) is 5.92 Å². The number of nitrogens with two attached hydrogens (primary N) is 1. The first-order valence-corrected chi connectivity index (χ1v) is 8.94. The van der Waals surface area contributed by atoms with Gasteiger partial charge in [0, 0.05) is 24.7 Å². The number of benzene rings is 1. The average molecular weight is 368 g/mol. The molecule has 25 heavy (non-hydrogen) atoms. The molecule has 1 saturated carbocycles. The highest BCUT2D eigenvalue weighted by Crippen LogP contribution is 2.27. The summed E-state index contributed by atoms with van der Waals surface area (Å²) < 4.78 is 0. The fraction of sp³-hybridized carbons (Fsp3) is 0.579. The van der Waals surface area contributed by atoms with E-state index in [0.29, 0.717) is 13.0 Å². The fourth-order valence-electron chi connectivity index (χ4n) is 3.35. The van der Waals surface area contributed by atoms with Gasteiger partial charge in [0.15, 0.2) is 0 Å². The molecule has 0 radical (unpaired) electrons. The number of nitrogens with zero attached hydrogens (tertiary/aromatic N) is 1. The summed E-state index contributed by atoms with van der Waals surface area (Å²) >= 11 is 0. The number of hydrogen-bond acceptors (Lipinski definition) is 3. The van der Waals surface area contributed by atoms with Crippen LogP contribution in [-0.4, -0.2) is 35.3 Å². The SMILES string of the molecule is CCCN(C(=O)C[C@@H]1CCC[C@H]1N)C(C)C(=O)Nc1ccccc1.Cl. The lowest BCUT2D eigenvalue weighted by molar-refractivity contribution is -0.139. The van der Waals surface area contributed by atoms with E-state index in [1.165, 1.54) is 0 Å². The zero-order valence-electron chi connectivity index (χ0n) is 15.1. The second kappa shape index (κ2) is 10.4. The van der Waals surface area contributed by atoms with Crippen molar-refractivity contribution < 1.29 is 9.59 Å². The summed E-state index contributed by atoms with van der Waals surface area (Å²) in [5.41, 5.74) is 6.84. The molecule has 0 aromatic heterocycles. The molecular formula is C19H30ClN3O2. The number of para-hydroxylation sites is 1. The van der Waals surface area contributed by atoms with Gasteiger partial charge in [-0.25, -0.2) is 0 Å². The van der Waals surface area contributed by atoms with Gasteiger partial charge >= 0.3 is 0 Å². The predicted octanol–water partition coefficient (Wildman–Crippen LogP) is 3.19. The van der Waals surface area contributed by atoms with Gasteiger partial charge in [-0.1, -0.05) is 31.5 Å². The summed E-state index contributed by atoms with van der Waals surface area (Å²) in [5, 5.41) is 2.88. The van der Waals surface area contributed by atoms with E-state index in [1.54, 1.807) is 11.8 Å². The van der Waals surface area contributed by atoms with Crippen LogP contribution in [0.2, 0.25) is 0 Å². The van der Waals surface area contributed by atoms with E-state index in [2.05, 4.69) is 5.32 Å². The molecule has 3 N–H and O–H groups in total. The molecule has 6 heteroatoms. The van der Waals surface area contributed by atoms with Crippen LogP contribution in [-0.2, 0) is 9.59 Å². The van der Waals surface area contributed by atoms with Crippen molar-refractivity contribution in [2.45, 2.75) is 58.0 Å². The molecular weight excluding hydrogens is 338 g/mol. The molecule has 1 aliphatic rings. The molecule has 0 spiro atoms.